The van der Waals surface area contributed by atoms with Gasteiger partial charge < -0.3 is 10.1 Å². The Hall–Kier alpha value is -0.870. The standard InChI is InChI=1S/C13H23N3O/c1-4-12-11(9-16(3)15-12)8-14-10-13(2)6-5-7-17-13/h9,14H,4-8,10H2,1-3H3. The molecule has 0 amide bonds. The first-order chi connectivity index (χ1) is 8.13. The SMILES string of the molecule is CCc1nn(C)cc1CNCC1(C)CCCO1. The van der Waals surface area contributed by atoms with Crippen LogP contribution in [0.15, 0.2) is 6.20 Å². The first-order valence-electron chi connectivity index (χ1n) is 6.49. The van der Waals surface area contributed by atoms with E-state index in [2.05, 4.69) is 30.5 Å². The lowest BCUT2D eigenvalue weighted by molar-refractivity contribution is 0.0206. The van der Waals surface area contributed by atoms with Crippen molar-refractivity contribution in [3.8, 4) is 0 Å². The Morgan fingerprint density at radius 2 is 2.41 bits per heavy atom. The smallest absolute Gasteiger partial charge is 0.0779 e. The molecule has 2 heterocycles. The average molecular weight is 237 g/mol. The highest BCUT2D eigenvalue weighted by Gasteiger charge is 2.29. The molecule has 1 unspecified atom stereocenters. The van der Waals surface area contributed by atoms with E-state index >= 15 is 0 Å². The molecule has 96 valence electrons. The minimum Gasteiger partial charge on any atom is -0.374 e. The third-order valence-electron chi connectivity index (χ3n) is 3.44. The van der Waals surface area contributed by atoms with Crippen LogP contribution in [0.4, 0.5) is 0 Å². The number of hydrogen-bond acceptors (Lipinski definition) is 3. The van der Waals surface area contributed by atoms with Crippen molar-refractivity contribution in [2.24, 2.45) is 7.05 Å². The van der Waals surface area contributed by atoms with E-state index in [1.807, 2.05) is 11.7 Å². The highest BCUT2D eigenvalue weighted by atomic mass is 16.5. The van der Waals surface area contributed by atoms with E-state index < -0.39 is 0 Å². The number of rotatable bonds is 5. The zero-order valence-corrected chi connectivity index (χ0v) is 11.1. The van der Waals surface area contributed by atoms with Crippen molar-refractivity contribution in [2.75, 3.05) is 13.2 Å². The lowest BCUT2D eigenvalue weighted by Gasteiger charge is -2.23. The van der Waals surface area contributed by atoms with Gasteiger partial charge in [0, 0.05) is 38.5 Å². The molecule has 2 rings (SSSR count). The van der Waals surface area contributed by atoms with E-state index in [1.54, 1.807) is 0 Å². The van der Waals surface area contributed by atoms with Gasteiger partial charge in [-0.2, -0.15) is 5.10 Å². The van der Waals surface area contributed by atoms with Gasteiger partial charge >= 0.3 is 0 Å². The van der Waals surface area contributed by atoms with Gasteiger partial charge in [-0.05, 0) is 26.2 Å². The number of aromatic nitrogens is 2. The van der Waals surface area contributed by atoms with E-state index in [-0.39, 0.29) is 5.60 Å². The second-order valence-corrected chi connectivity index (χ2v) is 5.13. The molecule has 0 saturated carbocycles. The molecule has 1 fully saturated rings. The molecule has 1 aliphatic rings. The summed E-state index contributed by atoms with van der Waals surface area (Å²) in [7, 11) is 1.98. The molecule has 0 aliphatic carbocycles. The van der Waals surface area contributed by atoms with E-state index in [0.29, 0.717) is 0 Å². The van der Waals surface area contributed by atoms with Crippen LogP contribution in [-0.2, 0) is 24.8 Å². The molecule has 4 nitrogen and oxygen atoms in total. The van der Waals surface area contributed by atoms with Crippen molar-refractivity contribution < 1.29 is 4.74 Å². The fourth-order valence-corrected chi connectivity index (χ4v) is 2.47. The summed E-state index contributed by atoms with van der Waals surface area (Å²) in [5, 5.41) is 7.94. The fourth-order valence-electron chi connectivity index (χ4n) is 2.47. The van der Waals surface area contributed by atoms with Gasteiger partial charge in [0.25, 0.3) is 0 Å². The van der Waals surface area contributed by atoms with Gasteiger partial charge in [0.1, 0.15) is 0 Å². The monoisotopic (exact) mass is 237 g/mol. The predicted molar refractivity (Wildman–Crippen MR) is 67.9 cm³/mol. The van der Waals surface area contributed by atoms with E-state index in [9.17, 15) is 0 Å². The Kier molecular flexibility index (Phi) is 3.84. The maximum absolute atomic E-state index is 5.76. The van der Waals surface area contributed by atoms with Crippen LogP contribution in [0.5, 0.6) is 0 Å². The maximum atomic E-state index is 5.76. The Labute approximate surface area is 103 Å². The minimum absolute atomic E-state index is 0.0363. The second kappa shape index (κ2) is 5.19. The molecule has 1 aliphatic heterocycles. The third kappa shape index (κ3) is 3.07. The van der Waals surface area contributed by atoms with Gasteiger partial charge in [-0.15, -0.1) is 0 Å². The highest BCUT2D eigenvalue weighted by molar-refractivity contribution is 5.16. The van der Waals surface area contributed by atoms with Crippen molar-refractivity contribution in [2.45, 2.75) is 45.3 Å². The zero-order valence-electron chi connectivity index (χ0n) is 11.1. The summed E-state index contributed by atoms with van der Waals surface area (Å²) in [5.41, 5.74) is 2.53. The summed E-state index contributed by atoms with van der Waals surface area (Å²) < 4.78 is 7.65. The Morgan fingerprint density at radius 3 is 3.06 bits per heavy atom. The van der Waals surface area contributed by atoms with Crippen molar-refractivity contribution in [1.82, 2.24) is 15.1 Å². The topological polar surface area (TPSA) is 39.1 Å². The molecule has 0 bridgehead atoms. The molecule has 1 aromatic heterocycles. The van der Waals surface area contributed by atoms with Crippen LogP contribution in [0.3, 0.4) is 0 Å². The van der Waals surface area contributed by atoms with E-state index in [1.165, 1.54) is 17.7 Å². The van der Waals surface area contributed by atoms with Crippen LogP contribution in [0.2, 0.25) is 0 Å². The van der Waals surface area contributed by atoms with Crippen LogP contribution < -0.4 is 5.32 Å². The molecular formula is C13H23N3O. The predicted octanol–water partition coefficient (Wildman–Crippen LogP) is 1.64. The number of nitrogens with zero attached hydrogens (tertiary/aromatic N) is 2. The van der Waals surface area contributed by atoms with Crippen LogP contribution in [0, 0.1) is 0 Å². The largest absolute Gasteiger partial charge is 0.374 e. The lowest BCUT2D eigenvalue weighted by atomic mass is 10.0. The van der Waals surface area contributed by atoms with Crippen LogP contribution in [0.25, 0.3) is 0 Å². The Bertz CT molecular complexity index is 367. The molecule has 17 heavy (non-hydrogen) atoms. The Morgan fingerprint density at radius 1 is 1.59 bits per heavy atom. The number of aryl methyl sites for hydroxylation is 2. The number of nitrogens with one attached hydrogen (secondary N) is 1. The van der Waals surface area contributed by atoms with Gasteiger partial charge in [-0.1, -0.05) is 6.92 Å². The molecule has 1 atom stereocenters. The molecular weight excluding hydrogens is 214 g/mol. The third-order valence-corrected chi connectivity index (χ3v) is 3.44. The van der Waals surface area contributed by atoms with Gasteiger partial charge in [0.2, 0.25) is 0 Å². The first kappa shape index (κ1) is 12.6. The van der Waals surface area contributed by atoms with Gasteiger partial charge in [0.15, 0.2) is 0 Å². The van der Waals surface area contributed by atoms with Crippen molar-refractivity contribution in [1.29, 1.82) is 0 Å². The zero-order chi connectivity index (χ0) is 12.3. The van der Waals surface area contributed by atoms with Gasteiger partial charge in [-0.25, -0.2) is 0 Å². The molecule has 4 heteroatoms. The minimum atomic E-state index is 0.0363. The highest BCUT2D eigenvalue weighted by Crippen LogP contribution is 2.24. The van der Waals surface area contributed by atoms with E-state index in [4.69, 9.17) is 4.74 Å². The number of ether oxygens (including phenoxy) is 1. The molecule has 1 aromatic rings. The van der Waals surface area contributed by atoms with Gasteiger partial charge in [0.05, 0.1) is 11.3 Å². The molecule has 1 saturated heterocycles. The summed E-state index contributed by atoms with van der Waals surface area (Å²) in [4.78, 5) is 0. The summed E-state index contributed by atoms with van der Waals surface area (Å²) in [6, 6.07) is 0. The van der Waals surface area contributed by atoms with Crippen LogP contribution in [0.1, 0.15) is 37.9 Å². The maximum Gasteiger partial charge on any atom is 0.0779 e. The molecule has 0 aromatic carbocycles. The summed E-state index contributed by atoms with van der Waals surface area (Å²) in [5.74, 6) is 0. The first-order valence-corrected chi connectivity index (χ1v) is 6.49. The lowest BCUT2D eigenvalue weighted by Crippen LogP contribution is -2.36. The summed E-state index contributed by atoms with van der Waals surface area (Å²) >= 11 is 0. The Balaban J connectivity index is 1.85. The molecule has 0 spiro atoms. The second-order valence-electron chi connectivity index (χ2n) is 5.13. The fraction of sp³-hybridized carbons (Fsp3) is 0.769. The summed E-state index contributed by atoms with van der Waals surface area (Å²) in [6.07, 6.45) is 5.44. The van der Waals surface area contributed by atoms with Crippen molar-refractivity contribution in [3.05, 3.63) is 17.5 Å². The molecule has 1 N–H and O–H groups in total. The molecule has 0 radical (unpaired) electrons. The van der Waals surface area contributed by atoms with Crippen molar-refractivity contribution >= 4 is 0 Å². The number of hydrogen-bond donors (Lipinski definition) is 1. The summed E-state index contributed by atoms with van der Waals surface area (Å²) in [6.45, 7) is 7.05. The van der Waals surface area contributed by atoms with E-state index in [0.717, 1.165) is 32.5 Å². The average Bonchev–Trinajstić information content (AvgIpc) is 2.86. The van der Waals surface area contributed by atoms with Gasteiger partial charge in [-0.3, -0.25) is 4.68 Å². The van der Waals surface area contributed by atoms with Crippen LogP contribution in [-0.4, -0.2) is 28.5 Å². The van der Waals surface area contributed by atoms with Crippen molar-refractivity contribution in [3.63, 3.8) is 0 Å². The van der Waals surface area contributed by atoms with Crippen LogP contribution >= 0.6 is 0 Å². The quantitative estimate of drug-likeness (QED) is 0.846. The normalized spacial score (nSPS) is 24.4.